The van der Waals surface area contributed by atoms with Gasteiger partial charge in [0, 0.05) is 56.6 Å². The van der Waals surface area contributed by atoms with E-state index in [1.165, 1.54) is 24.3 Å². The Balaban J connectivity index is 1.49. The molecule has 0 N–H and O–H groups in total. The topological polar surface area (TPSA) is 56.8 Å². The number of hydrogen-bond acceptors (Lipinski definition) is 5. The van der Waals surface area contributed by atoms with Crippen LogP contribution in [0.1, 0.15) is 39.1 Å². The molecule has 2 aromatic carbocycles. The van der Waals surface area contributed by atoms with E-state index in [0.717, 1.165) is 17.7 Å². The molecule has 1 saturated heterocycles. The number of carbonyl (C=O) groups is 2. The van der Waals surface area contributed by atoms with Crippen LogP contribution in [-0.2, 0) is 30.6 Å². The summed E-state index contributed by atoms with van der Waals surface area (Å²) in [7, 11) is 0. The van der Waals surface area contributed by atoms with E-state index in [9.17, 15) is 22.8 Å². The largest absolute Gasteiger partial charge is 0.416 e. The Morgan fingerprint density at radius 2 is 1.59 bits per heavy atom. The van der Waals surface area contributed by atoms with Crippen molar-refractivity contribution in [1.82, 2.24) is 19.7 Å². The van der Waals surface area contributed by atoms with Crippen LogP contribution >= 0.6 is 22.9 Å². The molecule has 1 aliphatic heterocycles. The first-order chi connectivity index (χ1) is 17.6. The smallest absolute Gasteiger partial charge is 0.339 e. The lowest BCUT2D eigenvalue weighted by molar-refractivity contribution is -0.137. The first kappa shape index (κ1) is 27.1. The molecule has 0 aliphatic carbocycles. The van der Waals surface area contributed by atoms with Crippen LogP contribution in [0, 0.1) is 0 Å². The van der Waals surface area contributed by atoms with Gasteiger partial charge in [-0.1, -0.05) is 41.9 Å². The van der Waals surface area contributed by atoms with Gasteiger partial charge in [-0.15, -0.1) is 11.3 Å². The van der Waals surface area contributed by atoms with Crippen LogP contribution in [0.15, 0.2) is 53.9 Å². The Bertz CT molecular complexity index is 1260. The average molecular weight is 551 g/mol. The van der Waals surface area contributed by atoms with Crippen LogP contribution in [-0.4, -0.2) is 57.7 Å². The van der Waals surface area contributed by atoms with Gasteiger partial charge in [0.1, 0.15) is 10.7 Å². The Morgan fingerprint density at radius 1 is 0.973 bits per heavy atom. The van der Waals surface area contributed by atoms with Crippen LogP contribution in [0.5, 0.6) is 0 Å². The van der Waals surface area contributed by atoms with Crippen molar-refractivity contribution in [3.63, 3.8) is 0 Å². The van der Waals surface area contributed by atoms with Crippen molar-refractivity contribution in [2.45, 2.75) is 32.7 Å². The number of thiazole rings is 1. The highest BCUT2D eigenvalue weighted by Gasteiger charge is 2.30. The van der Waals surface area contributed by atoms with Crippen molar-refractivity contribution >= 4 is 34.8 Å². The standard InChI is InChI=1S/C26H26ClF3N4O2S/c1-18(35)33-8-10-34(11-9-33)25(36)23-17-37-24(31-23)16-32(15-20-5-3-7-22(27)13-20)14-19-4-2-6-21(12-19)26(28,29)30/h2-7,12-13,17H,8-11,14-16H2,1H3. The van der Waals surface area contributed by atoms with Gasteiger partial charge in [0.15, 0.2) is 0 Å². The van der Waals surface area contributed by atoms with Gasteiger partial charge >= 0.3 is 6.18 Å². The third-order valence-electron chi connectivity index (χ3n) is 6.10. The Labute approximate surface area is 222 Å². The minimum Gasteiger partial charge on any atom is -0.339 e. The fourth-order valence-electron chi connectivity index (χ4n) is 4.22. The molecule has 1 aliphatic rings. The zero-order chi connectivity index (χ0) is 26.6. The summed E-state index contributed by atoms with van der Waals surface area (Å²) in [6.45, 7) is 4.42. The lowest BCUT2D eigenvalue weighted by atomic mass is 10.1. The molecule has 0 atom stereocenters. The zero-order valence-corrected chi connectivity index (χ0v) is 21.7. The molecule has 0 radical (unpaired) electrons. The van der Waals surface area contributed by atoms with Crippen LogP contribution in [0.25, 0.3) is 0 Å². The SMILES string of the molecule is CC(=O)N1CCN(C(=O)c2csc(CN(Cc3cccc(Cl)c3)Cc3cccc(C(F)(F)F)c3)n2)CC1. The number of rotatable bonds is 7. The van der Waals surface area contributed by atoms with Gasteiger partial charge < -0.3 is 9.80 Å². The fraction of sp³-hybridized carbons (Fsp3) is 0.346. The number of hydrogen-bond donors (Lipinski definition) is 0. The maximum absolute atomic E-state index is 13.2. The minimum absolute atomic E-state index is 0.0105. The van der Waals surface area contributed by atoms with Crippen LogP contribution in [0.3, 0.4) is 0 Å². The van der Waals surface area contributed by atoms with E-state index in [0.29, 0.717) is 60.6 Å². The van der Waals surface area contributed by atoms with Crippen molar-refractivity contribution in [2.24, 2.45) is 0 Å². The summed E-state index contributed by atoms with van der Waals surface area (Å²) < 4.78 is 39.7. The molecular formula is C26H26ClF3N4O2S. The Morgan fingerprint density at radius 3 is 2.22 bits per heavy atom. The zero-order valence-electron chi connectivity index (χ0n) is 20.2. The summed E-state index contributed by atoms with van der Waals surface area (Å²) in [6.07, 6.45) is -4.42. The average Bonchev–Trinajstić information content (AvgIpc) is 3.31. The van der Waals surface area contributed by atoms with Gasteiger partial charge in [-0.3, -0.25) is 14.5 Å². The van der Waals surface area contributed by atoms with E-state index in [-0.39, 0.29) is 18.4 Å². The number of aromatic nitrogens is 1. The monoisotopic (exact) mass is 550 g/mol. The van der Waals surface area contributed by atoms with Crippen molar-refractivity contribution in [2.75, 3.05) is 26.2 Å². The van der Waals surface area contributed by atoms with E-state index >= 15 is 0 Å². The van der Waals surface area contributed by atoms with Gasteiger partial charge in [-0.25, -0.2) is 4.98 Å². The number of benzene rings is 2. The molecule has 1 aromatic heterocycles. The van der Waals surface area contributed by atoms with E-state index < -0.39 is 11.7 Å². The van der Waals surface area contributed by atoms with Gasteiger partial charge in [0.2, 0.25) is 5.91 Å². The highest BCUT2D eigenvalue weighted by Crippen LogP contribution is 2.30. The third kappa shape index (κ3) is 7.30. The maximum Gasteiger partial charge on any atom is 0.416 e. The first-order valence-corrected chi connectivity index (χ1v) is 13.0. The van der Waals surface area contributed by atoms with Gasteiger partial charge in [-0.05, 0) is 29.3 Å². The fourth-order valence-corrected chi connectivity index (χ4v) is 5.25. The molecular weight excluding hydrogens is 525 g/mol. The molecule has 0 saturated carbocycles. The molecule has 0 spiro atoms. The van der Waals surface area contributed by atoms with Crippen molar-refractivity contribution < 1.29 is 22.8 Å². The van der Waals surface area contributed by atoms with E-state index in [1.54, 1.807) is 27.3 Å². The van der Waals surface area contributed by atoms with Crippen molar-refractivity contribution in [1.29, 1.82) is 0 Å². The maximum atomic E-state index is 13.2. The summed E-state index contributed by atoms with van der Waals surface area (Å²) >= 11 is 7.48. The molecule has 0 bridgehead atoms. The number of alkyl halides is 3. The molecule has 0 unspecified atom stereocenters. The van der Waals surface area contributed by atoms with Crippen molar-refractivity contribution in [3.8, 4) is 0 Å². The highest BCUT2D eigenvalue weighted by atomic mass is 35.5. The van der Waals surface area contributed by atoms with Crippen LogP contribution < -0.4 is 0 Å². The van der Waals surface area contributed by atoms with Crippen LogP contribution in [0.2, 0.25) is 5.02 Å². The van der Waals surface area contributed by atoms with Gasteiger partial charge in [0.25, 0.3) is 5.91 Å². The second kappa shape index (κ2) is 11.6. The Hall–Kier alpha value is -2.95. The lowest BCUT2D eigenvalue weighted by Gasteiger charge is -2.33. The number of amides is 2. The second-order valence-electron chi connectivity index (χ2n) is 8.90. The van der Waals surface area contributed by atoms with E-state index in [4.69, 9.17) is 11.6 Å². The lowest BCUT2D eigenvalue weighted by Crippen LogP contribution is -2.50. The summed E-state index contributed by atoms with van der Waals surface area (Å²) in [5.74, 6) is -0.200. The number of halogens is 4. The number of nitrogens with zero attached hydrogens (tertiary/aromatic N) is 4. The van der Waals surface area contributed by atoms with Crippen molar-refractivity contribution in [3.05, 3.63) is 86.3 Å². The molecule has 6 nitrogen and oxygen atoms in total. The van der Waals surface area contributed by atoms with Crippen LogP contribution in [0.4, 0.5) is 13.2 Å². The Kier molecular flexibility index (Phi) is 8.51. The minimum atomic E-state index is -4.42. The molecule has 4 rings (SSSR count). The summed E-state index contributed by atoms with van der Waals surface area (Å²) in [6, 6.07) is 12.6. The third-order valence-corrected chi connectivity index (χ3v) is 7.17. The highest BCUT2D eigenvalue weighted by molar-refractivity contribution is 7.09. The summed E-state index contributed by atoms with van der Waals surface area (Å²) in [5, 5.41) is 2.96. The first-order valence-electron chi connectivity index (χ1n) is 11.7. The quantitative estimate of drug-likeness (QED) is 0.399. The second-order valence-corrected chi connectivity index (χ2v) is 10.3. The van der Waals surface area contributed by atoms with E-state index in [1.807, 2.05) is 23.1 Å². The molecule has 2 amide bonds. The predicted molar refractivity (Wildman–Crippen MR) is 136 cm³/mol. The number of carbonyl (C=O) groups excluding carboxylic acids is 2. The summed E-state index contributed by atoms with van der Waals surface area (Å²) in [4.78, 5) is 34.4. The molecule has 37 heavy (non-hydrogen) atoms. The van der Waals surface area contributed by atoms with E-state index in [2.05, 4.69) is 4.98 Å². The normalized spacial score (nSPS) is 14.3. The number of piperazine rings is 1. The molecule has 1 fully saturated rings. The molecule has 3 aromatic rings. The summed E-state index contributed by atoms with van der Waals surface area (Å²) in [5.41, 5.74) is 1.07. The molecule has 11 heteroatoms. The van der Waals surface area contributed by atoms with Gasteiger partial charge in [0.05, 0.1) is 12.1 Å². The van der Waals surface area contributed by atoms with Gasteiger partial charge in [-0.2, -0.15) is 13.2 Å². The predicted octanol–water partition coefficient (Wildman–Crippen LogP) is 5.32. The molecule has 2 heterocycles. The molecule has 196 valence electrons.